The van der Waals surface area contributed by atoms with Crippen LogP contribution in [0.25, 0.3) is 32.3 Å². The molecule has 28 heavy (non-hydrogen) atoms. The maximum absolute atomic E-state index is 12.6. The maximum Gasteiger partial charge on any atom is 0.339 e. The van der Waals surface area contributed by atoms with E-state index in [2.05, 4.69) is 12.1 Å². The number of benzene rings is 4. The van der Waals surface area contributed by atoms with Crippen molar-refractivity contribution >= 4 is 44.3 Å². The zero-order valence-corrected chi connectivity index (χ0v) is 15.8. The largest absolute Gasteiger partial charge is 0.462 e. The van der Waals surface area contributed by atoms with Crippen LogP contribution in [0.5, 0.6) is 0 Å². The predicted octanol–water partition coefficient (Wildman–Crippen LogP) is 5.50. The molecule has 0 fully saturated rings. The fourth-order valence-electron chi connectivity index (χ4n) is 3.71. The van der Waals surface area contributed by atoms with E-state index < -0.39 is 11.9 Å². The molecule has 0 amide bonds. The smallest absolute Gasteiger partial charge is 0.339 e. The third kappa shape index (κ3) is 2.87. The van der Waals surface area contributed by atoms with Crippen molar-refractivity contribution in [3.63, 3.8) is 0 Å². The van der Waals surface area contributed by atoms with Crippen molar-refractivity contribution in [2.24, 2.45) is 0 Å². The Hall–Kier alpha value is -3.40. The Bertz CT molecular complexity index is 1130. The lowest BCUT2D eigenvalue weighted by atomic mass is 9.91. The van der Waals surface area contributed by atoms with Crippen LogP contribution in [0.4, 0.5) is 0 Å². The molecule has 0 aliphatic heterocycles. The Kier molecular flexibility index (Phi) is 4.70. The second kappa shape index (κ2) is 7.31. The third-order valence-corrected chi connectivity index (χ3v) is 4.87. The van der Waals surface area contributed by atoms with E-state index in [9.17, 15) is 9.59 Å². The first-order valence-corrected chi connectivity index (χ1v) is 9.37. The van der Waals surface area contributed by atoms with E-state index in [1.807, 2.05) is 36.4 Å². The minimum Gasteiger partial charge on any atom is -0.462 e. The number of rotatable bonds is 4. The normalized spacial score (nSPS) is 11.1. The quantitative estimate of drug-likeness (QED) is 0.351. The van der Waals surface area contributed by atoms with Gasteiger partial charge in [0.1, 0.15) is 0 Å². The van der Waals surface area contributed by atoms with E-state index in [0.717, 1.165) is 32.3 Å². The Balaban J connectivity index is 2.16. The SMILES string of the molecule is CCOC(=O)c1cc2c3ccccc3c3ccccc3c2cc1C(=O)OCC. The molecule has 0 bridgehead atoms. The molecule has 0 aliphatic carbocycles. The molecule has 4 rings (SSSR count). The molecule has 0 unspecified atom stereocenters. The van der Waals surface area contributed by atoms with Crippen molar-refractivity contribution in [1.82, 2.24) is 0 Å². The van der Waals surface area contributed by atoms with Crippen LogP contribution in [-0.2, 0) is 9.47 Å². The summed E-state index contributed by atoms with van der Waals surface area (Å²) in [6.07, 6.45) is 0. The predicted molar refractivity (Wildman–Crippen MR) is 111 cm³/mol. The highest BCUT2D eigenvalue weighted by Gasteiger charge is 2.22. The van der Waals surface area contributed by atoms with Gasteiger partial charge in [0.2, 0.25) is 0 Å². The number of esters is 2. The van der Waals surface area contributed by atoms with Gasteiger partial charge in [-0.25, -0.2) is 9.59 Å². The Morgan fingerprint density at radius 1 is 0.607 bits per heavy atom. The topological polar surface area (TPSA) is 52.6 Å². The first-order chi connectivity index (χ1) is 13.7. The Morgan fingerprint density at radius 2 is 0.929 bits per heavy atom. The van der Waals surface area contributed by atoms with Crippen LogP contribution in [0.2, 0.25) is 0 Å². The minimum absolute atomic E-state index is 0.230. The van der Waals surface area contributed by atoms with Gasteiger partial charge in [-0.05, 0) is 58.3 Å². The van der Waals surface area contributed by atoms with Gasteiger partial charge in [0.15, 0.2) is 0 Å². The van der Waals surface area contributed by atoms with Gasteiger partial charge in [-0.3, -0.25) is 0 Å². The van der Waals surface area contributed by atoms with Crippen LogP contribution in [0, 0.1) is 0 Å². The molecule has 0 N–H and O–H groups in total. The van der Waals surface area contributed by atoms with Crippen molar-refractivity contribution in [2.45, 2.75) is 13.8 Å². The van der Waals surface area contributed by atoms with E-state index in [-0.39, 0.29) is 24.3 Å². The van der Waals surface area contributed by atoms with Crippen LogP contribution >= 0.6 is 0 Å². The van der Waals surface area contributed by atoms with Gasteiger partial charge in [-0.15, -0.1) is 0 Å². The molecule has 0 radical (unpaired) electrons. The monoisotopic (exact) mass is 372 g/mol. The van der Waals surface area contributed by atoms with Crippen LogP contribution in [0.1, 0.15) is 34.6 Å². The van der Waals surface area contributed by atoms with E-state index in [1.165, 1.54) is 0 Å². The van der Waals surface area contributed by atoms with Gasteiger partial charge in [-0.2, -0.15) is 0 Å². The fraction of sp³-hybridized carbons (Fsp3) is 0.167. The van der Waals surface area contributed by atoms with Gasteiger partial charge >= 0.3 is 11.9 Å². The molecule has 4 nitrogen and oxygen atoms in total. The molecular weight excluding hydrogens is 352 g/mol. The van der Waals surface area contributed by atoms with E-state index in [1.54, 1.807) is 26.0 Å². The first-order valence-electron chi connectivity index (χ1n) is 9.37. The summed E-state index contributed by atoms with van der Waals surface area (Å²) in [6.45, 7) is 3.95. The summed E-state index contributed by atoms with van der Waals surface area (Å²) in [5.41, 5.74) is 0.460. The highest BCUT2D eigenvalue weighted by molar-refractivity contribution is 6.27. The number of fused-ring (bicyclic) bond motifs is 6. The summed E-state index contributed by atoms with van der Waals surface area (Å²) >= 11 is 0. The lowest BCUT2D eigenvalue weighted by molar-refractivity contribution is 0.0479. The van der Waals surface area contributed by atoms with Crippen molar-refractivity contribution in [1.29, 1.82) is 0 Å². The molecular formula is C24H20O4. The summed E-state index contributed by atoms with van der Waals surface area (Å²) in [7, 11) is 0. The highest BCUT2D eigenvalue weighted by atomic mass is 16.5. The number of carbonyl (C=O) groups is 2. The molecule has 0 saturated heterocycles. The molecule has 0 heterocycles. The van der Waals surface area contributed by atoms with Gasteiger partial charge < -0.3 is 9.47 Å². The van der Waals surface area contributed by atoms with Crippen LogP contribution in [0.3, 0.4) is 0 Å². The van der Waals surface area contributed by atoms with Crippen LogP contribution < -0.4 is 0 Å². The molecule has 4 aromatic rings. The summed E-state index contributed by atoms with van der Waals surface area (Å²) in [4.78, 5) is 25.2. The van der Waals surface area contributed by atoms with Gasteiger partial charge in [0.25, 0.3) is 0 Å². The summed E-state index contributed by atoms with van der Waals surface area (Å²) in [5.74, 6) is -1.05. The molecule has 4 heteroatoms. The van der Waals surface area contributed by atoms with Crippen molar-refractivity contribution in [3.8, 4) is 0 Å². The lowest BCUT2D eigenvalue weighted by Crippen LogP contribution is -2.14. The minimum atomic E-state index is -0.523. The number of hydrogen-bond donors (Lipinski definition) is 0. The molecule has 0 aromatic heterocycles. The van der Waals surface area contributed by atoms with Crippen LogP contribution in [-0.4, -0.2) is 25.2 Å². The van der Waals surface area contributed by atoms with Crippen molar-refractivity contribution < 1.29 is 19.1 Å². The van der Waals surface area contributed by atoms with Crippen LogP contribution in [0.15, 0.2) is 60.7 Å². The third-order valence-electron chi connectivity index (χ3n) is 4.87. The first kappa shape index (κ1) is 18.0. The molecule has 0 aliphatic rings. The molecule has 4 aromatic carbocycles. The zero-order valence-electron chi connectivity index (χ0n) is 15.8. The molecule has 0 saturated carbocycles. The summed E-state index contributed by atoms with van der Waals surface area (Å²) < 4.78 is 10.4. The highest BCUT2D eigenvalue weighted by Crippen LogP contribution is 2.36. The van der Waals surface area contributed by atoms with E-state index in [0.29, 0.717) is 0 Å². The van der Waals surface area contributed by atoms with E-state index in [4.69, 9.17) is 9.47 Å². The molecule has 140 valence electrons. The van der Waals surface area contributed by atoms with Gasteiger partial charge in [0.05, 0.1) is 24.3 Å². The van der Waals surface area contributed by atoms with Gasteiger partial charge in [-0.1, -0.05) is 48.5 Å². The van der Waals surface area contributed by atoms with Gasteiger partial charge in [0, 0.05) is 0 Å². The number of hydrogen-bond acceptors (Lipinski definition) is 4. The Morgan fingerprint density at radius 3 is 1.25 bits per heavy atom. The molecule has 0 atom stereocenters. The fourth-order valence-corrected chi connectivity index (χ4v) is 3.71. The van der Waals surface area contributed by atoms with Crippen molar-refractivity contribution in [3.05, 3.63) is 71.8 Å². The maximum atomic E-state index is 12.6. The number of ether oxygens (including phenoxy) is 2. The number of carbonyl (C=O) groups excluding carboxylic acids is 2. The van der Waals surface area contributed by atoms with E-state index >= 15 is 0 Å². The standard InChI is InChI=1S/C24H20O4/c1-3-27-23(25)21-13-19-17-11-7-5-9-15(17)16-10-6-8-12-18(16)20(19)14-22(21)24(26)28-4-2/h5-14H,3-4H2,1-2H3. The lowest BCUT2D eigenvalue weighted by Gasteiger charge is -2.14. The summed E-state index contributed by atoms with van der Waals surface area (Å²) in [5, 5.41) is 6.07. The average molecular weight is 372 g/mol. The average Bonchev–Trinajstić information content (AvgIpc) is 2.73. The zero-order chi connectivity index (χ0) is 19.7. The Labute approximate surface area is 162 Å². The summed E-state index contributed by atoms with van der Waals surface area (Å²) in [6, 6.07) is 19.7. The van der Waals surface area contributed by atoms with Crippen molar-refractivity contribution in [2.75, 3.05) is 13.2 Å². The second-order valence-corrected chi connectivity index (χ2v) is 6.48. The second-order valence-electron chi connectivity index (χ2n) is 6.48. The molecule has 0 spiro atoms.